The summed E-state index contributed by atoms with van der Waals surface area (Å²) in [5.74, 6) is -2.27. The Morgan fingerprint density at radius 1 is 0.962 bits per heavy atom. The van der Waals surface area contributed by atoms with E-state index in [9.17, 15) is 24.6 Å². The molecule has 1 aliphatic heterocycles. The van der Waals surface area contributed by atoms with Gasteiger partial charge < -0.3 is 29.2 Å². The second kappa shape index (κ2) is 8.75. The molecule has 0 spiro atoms. The van der Waals surface area contributed by atoms with Crippen molar-refractivity contribution in [1.82, 2.24) is 0 Å². The van der Waals surface area contributed by atoms with Crippen LogP contribution in [0.5, 0.6) is 0 Å². The monoisotopic (exact) mass is 368 g/mol. The van der Waals surface area contributed by atoms with Gasteiger partial charge in [0.2, 0.25) is 0 Å². The van der Waals surface area contributed by atoms with E-state index in [1.807, 2.05) is 0 Å². The summed E-state index contributed by atoms with van der Waals surface area (Å²) in [5, 5.41) is 19.5. The molecule has 26 heavy (non-hydrogen) atoms. The maximum Gasteiger partial charge on any atom is 0.338 e. The highest BCUT2D eigenvalue weighted by molar-refractivity contribution is 5.89. The van der Waals surface area contributed by atoms with Crippen LogP contribution >= 0.6 is 0 Å². The molecule has 2 rings (SSSR count). The summed E-state index contributed by atoms with van der Waals surface area (Å²) >= 11 is 0. The van der Waals surface area contributed by atoms with E-state index >= 15 is 0 Å². The van der Waals surface area contributed by atoms with Crippen LogP contribution in [0.1, 0.15) is 24.2 Å². The Morgan fingerprint density at radius 2 is 1.54 bits per heavy atom. The van der Waals surface area contributed by atoms with E-state index < -0.39 is 55.2 Å². The average molecular weight is 368 g/mol. The summed E-state index contributed by atoms with van der Waals surface area (Å²) in [5.41, 5.74) is 0.223. The summed E-state index contributed by atoms with van der Waals surface area (Å²) < 4.78 is 20.6. The molecular weight excluding hydrogens is 348 g/mol. The maximum absolute atomic E-state index is 12.3. The van der Waals surface area contributed by atoms with Gasteiger partial charge in [0.15, 0.2) is 24.6 Å². The molecule has 0 unspecified atom stereocenters. The fraction of sp³-hybridized carbons (Fsp3) is 0.471. The number of aliphatic hydroxyl groups is 2. The molecule has 2 N–H and O–H groups in total. The van der Waals surface area contributed by atoms with Crippen LogP contribution in [0.4, 0.5) is 0 Å². The van der Waals surface area contributed by atoms with Crippen molar-refractivity contribution in [1.29, 1.82) is 0 Å². The van der Waals surface area contributed by atoms with Crippen LogP contribution in [0.25, 0.3) is 0 Å². The minimum Gasteiger partial charge on any atom is -0.454 e. The highest BCUT2D eigenvalue weighted by Crippen LogP contribution is 2.28. The highest BCUT2D eigenvalue weighted by atomic mass is 16.7. The Hall–Kier alpha value is -2.49. The number of carbonyl (C=O) groups excluding carboxylic acids is 3. The van der Waals surface area contributed by atoms with Crippen molar-refractivity contribution in [3.05, 3.63) is 35.9 Å². The van der Waals surface area contributed by atoms with Crippen molar-refractivity contribution in [3.63, 3.8) is 0 Å². The van der Waals surface area contributed by atoms with E-state index in [1.54, 1.807) is 18.2 Å². The third-order valence-corrected chi connectivity index (χ3v) is 3.65. The number of aliphatic hydroxyl groups excluding tert-OH is 2. The fourth-order valence-electron chi connectivity index (χ4n) is 2.59. The van der Waals surface area contributed by atoms with Crippen LogP contribution in [0, 0.1) is 0 Å². The normalized spacial score (nSPS) is 28.1. The average Bonchev–Trinajstić information content (AvgIpc) is 2.60. The maximum atomic E-state index is 12.3. The van der Waals surface area contributed by atoms with Gasteiger partial charge in [0.1, 0.15) is 6.10 Å². The third-order valence-electron chi connectivity index (χ3n) is 3.65. The molecule has 0 aromatic heterocycles. The molecule has 1 aromatic carbocycles. The molecule has 0 aliphatic carbocycles. The SMILES string of the molecule is CC(=O)O[C@@H]1[C@@H](OC(C)=O)[C@@H](O)O[C@H](CO)[C@@H]1OC(=O)c1ccccc1. The molecule has 142 valence electrons. The van der Waals surface area contributed by atoms with Gasteiger partial charge in [-0.25, -0.2) is 4.79 Å². The number of hydrogen-bond acceptors (Lipinski definition) is 9. The molecule has 1 saturated heterocycles. The Kier molecular flexibility index (Phi) is 6.67. The van der Waals surface area contributed by atoms with Gasteiger partial charge in [0, 0.05) is 13.8 Å². The molecule has 0 amide bonds. The first-order valence-electron chi connectivity index (χ1n) is 7.88. The zero-order valence-electron chi connectivity index (χ0n) is 14.2. The van der Waals surface area contributed by atoms with Crippen LogP contribution in [0.2, 0.25) is 0 Å². The summed E-state index contributed by atoms with van der Waals surface area (Å²) in [6, 6.07) is 8.00. The lowest BCUT2D eigenvalue weighted by molar-refractivity contribution is -0.292. The highest BCUT2D eigenvalue weighted by Gasteiger charge is 2.51. The predicted octanol–water partition coefficient (Wildman–Crippen LogP) is -0.215. The van der Waals surface area contributed by atoms with Gasteiger partial charge >= 0.3 is 17.9 Å². The van der Waals surface area contributed by atoms with E-state index in [-0.39, 0.29) is 5.56 Å². The molecule has 1 aliphatic rings. The van der Waals surface area contributed by atoms with Gasteiger partial charge in [-0.1, -0.05) is 18.2 Å². The van der Waals surface area contributed by atoms with Crippen molar-refractivity contribution in [2.75, 3.05) is 6.61 Å². The first-order valence-corrected chi connectivity index (χ1v) is 7.88. The van der Waals surface area contributed by atoms with Crippen LogP contribution in [0.15, 0.2) is 30.3 Å². The summed E-state index contributed by atoms with van der Waals surface area (Å²) in [7, 11) is 0. The van der Waals surface area contributed by atoms with Gasteiger partial charge in [-0.05, 0) is 12.1 Å². The minimum atomic E-state index is -1.67. The van der Waals surface area contributed by atoms with E-state index in [1.165, 1.54) is 12.1 Å². The third kappa shape index (κ3) is 4.78. The topological polar surface area (TPSA) is 129 Å². The van der Waals surface area contributed by atoms with Crippen LogP contribution in [-0.4, -0.2) is 65.4 Å². The smallest absolute Gasteiger partial charge is 0.338 e. The minimum absolute atomic E-state index is 0.223. The first kappa shape index (κ1) is 19.8. The number of hydrogen-bond donors (Lipinski definition) is 2. The number of esters is 3. The first-order chi connectivity index (χ1) is 12.3. The number of benzene rings is 1. The second-order valence-corrected chi connectivity index (χ2v) is 5.63. The molecular formula is C17H20O9. The van der Waals surface area contributed by atoms with Gasteiger partial charge in [0.05, 0.1) is 12.2 Å². The molecule has 9 heteroatoms. The lowest BCUT2D eigenvalue weighted by Crippen LogP contribution is -2.62. The van der Waals surface area contributed by atoms with Crippen LogP contribution in [-0.2, 0) is 28.5 Å². The van der Waals surface area contributed by atoms with E-state index in [0.717, 1.165) is 13.8 Å². The molecule has 9 nitrogen and oxygen atoms in total. The van der Waals surface area contributed by atoms with Crippen molar-refractivity contribution in [2.45, 2.75) is 44.6 Å². The lowest BCUT2D eigenvalue weighted by Gasteiger charge is -2.42. The Bertz CT molecular complexity index is 645. The molecule has 1 heterocycles. The van der Waals surface area contributed by atoms with Gasteiger partial charge in [0.25, 0.3) is 0 Å². The van der Waals surface area contributed by atoms with E-state index in [0.29, 0.717) is 0 Å². The van der Waals surface area contributed by atoms with E-state index in [4.69, 9.17) is 18.9 Å². The van der Waals surface area contributed by atoms with Crippen molar-refractivity contribution < 1.29 is 43.5 Å². The Labute approximate surface area is 149 Å². The van der Waals surface area contributed by atoms with E-state index in [2.05, 4.69) is 0 Å². The molecule has 5 atom stereocenters. The second-order valence-electron chi connectivity index (χ2n) is 5.63. The van der Waals surface area contributed by atoms with Crippen molar-refractivity contribution in [3.8, 4) is 0 Å². The lowest BCUT2D eigenvalue weighted by atomic mass is 9.98. The number of rotatable bonds is 5. The summed E-state index contributed by atoms with van der Waals surface area (Å²) in [6.07, 6.45) is -6.94. The molecule has 0 bridgehead atoms. The van der Waals surface area contributed by atoms with Crippen LogP contribution in [0.3, 0.4) is 0 Å². The number of ether oxygens (including phenoxy) is 4. The zero-order valence-corrected chi connectivity index (χ0v) is 14.2. The van der Waals surface area contributed by atoms with Crippen LogP contribution < -0.4 is 0 Å². The van der Waals surface area contributed by atoms with Crippen molar-refractivity contribution >= 4 is 17.9 Å². The summed E-state index contributed by atoms with van der Waals surface area (Å²) in [4.78, 5) is 35.1. The van der Waals surface area contributed by atoms with Crippen molar-refractivity contribution in [2.24, 2.45) is 0 Å². The molecule has 1 fully saturated rings. The predicted molar refractivity (Wildman–Crippen MR) is 84.7 cm³/mol. The largest absolute Gasteiger partial charge is 0.454 e. The quantitative estimate of drug-likeness (QED) is 0.535. The van der Waals surface area contributed by atoms with Gasteiger partial charge in [-0.3, -0.25) is 9.59 Å². The fourth-order valence-corrected chi connectivity index (χ4v) is 2.59. The summed E-state index contributed by atoms with van der Waals surface area (Å²) in [6.45, 7) is 1.58. The Balaban J connectivity index is 2.30. The molecule has 1 aromatic rings. The number of carbonyl (C=O) groups is 3. The molecule has 0 radical (unpaired) electrons. The van der Waals surface area contributed by atoms with Gasteiger partial charge in [-0.2, -0.15) is 0 Å². The van der Waals surface area contributed by atoms with Gasteiger partial charge in [-0.15, -0.1) is 0 Å². The Morgan fingerprint density at radius 3 is 2.08 bits per heavy atom. The standard InChI is InChI=1S/C17H20O9/c1-9(19)23-14-13(26-16(21)11-6-4-3-5-7-11)12(8-18)25-17(22)15(14)24-10(2)20/h3-7,12-15,17-18,22H,8H2,1-2H3/t12-,13+,14+,15-,17+/m1/s1. The molecule has 0 saturated carbocycles. The zero-order chi connectivity index (χ0) is 19.3.